The molecule has 0 bridgehead atoms. The van der Waals surface area contributed by atoms with E-state index in [1.807, 2.05) is 62.4 Å². The first-order valence-corrected chi connectivity index (χ1v) is 11.0. The zero-order chi connectivity index (χ0) is 19.1. The van der Waals surface area contributed by atoms with Crippen LogP contribution < -0.4 is 0 Å². The smallest absolute Gasteiger partial charge is 0.234 e. The van der Waals surface area contributed by atoms with Crippen molar-refractivity contribution >= 4 is 13.3 Å². The van der Waals surface area contributed by atoms with E-state index >= 15 is 0 Å². The summed E-state index contributed by atoms with van der Waals surface area (Å²) in [5.41, 5.74) is 3.07. The minimum Gasteiger partial charge on any atom is -0.234 e. The number of carbonyl (C=O) groups excluding carboxylic acids is 1. The van der Waals surface area contributed by atoms with Crippen molar-refractivity contribution in [3.63, 3.8) is 0 Å². The van der Waals surface area contributed by atoms with Gasteiger partial charge in [-0.3, -0.25) is 0 Å². The van der Waals surface area contributed by atoms with E-state index in [4.69, 9.17) is 0 Å². The molecule has 26 heavy (non-hydrogen) atoms. The minimum atomic E-state index is -2.04. The number of unbranched alkanes of at least 4 members (excludes halogenated alkanes) is 1. The Kier molecular flexibility index (Phi) is 7.72. The van der Waals surface area contributed by atoms with E-state index < -0.39 is 7.80 Å². The van der Waals surface area contributed by atoms with Crippen molar-refractivity contribution in [1.29, 1.82) is 0 Å². The molecule has 2 rings (SSSR count). The molecule has 138 valence electrons. The second-order valence-corrected chi connectivity index (χ2v) is 8.68. The summed E-state index contributed by atoms with van der Waals surface area (Å²) in [7, 11) is -2.04. The van der Waals surface area contributed by atoms with Crippen LogP contribution >= 0.6 is 7.80 Å². The van der Waals surface area contributed by atoms with Crippen molar-refractivity contribution in [2.24, 2.45) is 5.92 Å². The van der Waals surface area contributed by atoms with Crippen molar-refractivity contribution in [2.75, 3.05) is 0 Å². The number of rotatable bonds is 9. The van der Waals surface area contributed by atoms with Crippen LogP contribution in [0.5, 0.6) is 0 Å². The Morgan fingerprint density at radius 3 is 2.12 bits per heavy atom. The van der Waals surface area contributed by atoms with Crippen LogP contribution in [-0.2, 0) is 4.57 Å². The molecule has 0 fully saturated rings. The predicted molar refractivity (Wildman–Crippen MR) is 110 cm³/mol. The second kappa shape index (κ2) is 9.78. The molecule has 2 aromatic rings. The first-order chi connectivity index (χ1) is 12.5. The predicted octanol–water partition coefficient (Wildman–Crippen LogP) is 7.23. The number of aryl methyl sites for hydroxylation is 2. The highest BCUT2D eigenvalue weighted by atomic mass is 31.1. The van der Waals surface area contributed by atoms with E-state index in [1.54, 1.807) is 0 Å². The van der Waals surface area contributed by atoms with E-state index in [0.717, 1.165) is 42.4 Å². The summed E-state index contributed by atoms with van der Waals surface area (Å²) in [4.78, 5) is 13.2. The normalized spacial score (nSPS) is 13.9. The van der Waals surface area contributed by atoms with Gasteiger partial charge in [-0.05, 0) is 37.8 Å². The third-order valence-corrected chi connectivity index (χ3v) is 7.04. The van der Waals surface area contributed by atoms with Crippen LogP contribution in [0.4, 0.5) is 0 Å². The number of hydrogen-bond donors (Lipinski definition) is 0. The number of benzene rings is 2. The Hall–Kier alpha value is -1.79. The highest BCUT2D eigenvalue weighted by Gasteiger charge is 2.45. The van der Waals surface area contributed by atoms with E-state index in [9.17, 15) is 9.36 Å². The minimum absolute atomic E-state index is 0.195. The van der Waals surface area contributed by atoms with Crippen molar-refractivity contribution in [3.05, 3.63) is 70.8 Å². The van der Waals surface area contributed by atoms with Crippen LogP contribution in [0, 0.1) is 19.8 Å². The van der Waals surface area contributed by atoms with Gasteiger partial charge in [-0.2, -0.15) is 0 Å². The van der Waals surface area contributed by atoms with Crippen molar-refractivity contribution in [1.82, 2.24) is 0 Å². The van der Waals surface area contributed by atoms with Gasteiger partial charge in [0.25, 0.3) is 0 Å². The van der Waals surface area contributed by atoms with Crippen molar-refractivity contribution in [3.8, 4) is 0 Å². The van der Waals surface area contributed by atoms with Crippen molar-refractivity contribution in [2.45, 2.75) is 59.0 Å². The van der Waals surface area contributed by atoms with Crippen molar-refractivity contribution < 1.29 is 9.36 Å². The van der Waals surface area contributed by atoms with E-state index in [2.05, 4.69) is 13.8 Å². The summed E-state index contributed by atoms with van der Waals surface area (Å²) in [6.45, 7) is 8.17. The topological polar surface area (TPSA) is 34.1 Å². The van der Waals surface area contributed by atoms with Gasteiger partial charge in [-0.25, -0.2) is 4.79 Å². The molecule has 0 aromatic heterocycles. The van der Waals surface area contributed by atoms with Crippen LogP contribution in [0.2, 0.25) is 0 Å². The fourth-order valence-electron chi connectivity index (χ4n) is 3.69. The lowest BCUT2D eigenvalue weighted by Crippen LogP contribution is -2.13. The first kappa shape index (κ1) is 20.5. The quantitative estimate of drug-likeness (QED) is 0.437. The van der Waals surface area contributed by atoms with Gasteiger partial charge < -0.3 is 0 Å². The van der Waals surface area contributed by atoms with Gasteiger partial charge in [0.15, 0.2) is 5.66 Å². The lowest BCUT2D eigenvalue weighted by molar-refractivity contribution is 0.107. The maximum absolute atomic E-state index is 13.5. The molecule has 0 saturated heterocycles. The summed E-state index contributed by atoms with van der Waals surface area (Å²) >= 11 is 0. The maximum atomic E-state index is 13.5. The molecular formula is C23H30O2P+. The highest BCUT2D eigenvalue weighted by molar-refractivity contribution is 7.64. The Balaban J connectivity index is 2.44. The molecule has 0 aliphatic carbocycles. The summed E-state index contributed by atoms with van der Waals surface area (Å²) in [6.07, 6.45) is 4.15. The van der Waals surface area contributed by atoms with E-state index in [1.165, 1.54) is 0 Å². The molecule has 0 aliphatic rings. The van der Waals surface area contributed by atoms with Gasteiger partial charge in [0.1, 0.15) is 0 Å². The summed E-state index contributed by atoms with van der Waals surface area (Å²) in [5.74, 6) is 0.259. The van der Waals surface area contributed by atoms with Crippen LogP contribution in [0.1, 0.15) is 72.2 Å². The van der Waals surface area contributed by atoms with Gasteiger partial charge in [-0.15, -0.1) is 0 Å². The largest absolute Gasteiger partial charge is 0.428 e. The zero-order valence-corrected chi connectivity index (χ0v) is 17.3. The third-order valence-electron chi connectivity index (χ3n) is 5.19. The summed E-state index contributed by atoms with van der Waals surface area (Å²) in [5, 5.41) is 0. The maximum Gasteiger partial charge on any atom is 0.428 e. The van der Waals surface area contributed by atoms with Gasteiger partial charge in [-0.1, -0.05) is 79.8 Å². The monoisotopic (exact) mass is 369 g/mol. The average molecular weight is 369 g/mol. The molecule has 0 saturated carbocycles. The second-order valence-electron chi connectivity index (χ2n) is 7.06. The van der Waals surface area contributed by atoms with Gasteiger partial charge in [0.05, 0.1) is 5.56 Å². The average Bonchev–Trinajstić information content (AvgIpc) is 2.65. The Morgan fingerprint density at radius 1 is 0.962 bits per heavy atom. The molecule has 0 amide bonds. The van der Waals surface area contributed by atoms with Crippen LogP contribution in [0.3, 0.4) is 0 Å². The Bertz CT molecular complexity index is 732. The molecule has 2 aromatic carbocycles. The molecule has 3 heteroatoms. The first-order valence-electron chi connectivity index (χ1n) is 9.63. The molecule has 0 spiro atoms. The van der Waals surface area contributed by atoms with Crippen LogP contribution in [-0.4, -0.2) is 5.52 Å². The summed E-state index contributed by atoms with van der Waals surface area (Å²) in [6, 6.07) is 15.7. The van der Waals surface area contributed by atoms with Gasteiger partial charge >= 0.3 is 13.3 Å². The lowest BCUT2D eigenvalue weighted by atomic mass is 9.91. The highest BCUT2D eigenvalue weighted by Crippen LogP contribution is 2.51. The molecule has 0 radical (unpaired) electrons. The molecule has 0 N–H and O–H groups in total. The zero-order valence-electron chi connectivity index (χ0n) is 16.4. The molecule has 3 unspecified atom stereocenters. The summed E-state index contributed by atoms with van der Waals surface area (Å²) < 4.78 is 13.5. The fourth-order valence-corrected chi connectivity index (χ4v) is 5.70. The SMILES string of the molecule is CCCCC(CC)C(c1ccccc1)[P+](=O)C(=O)c1c(C)cccc1C. The van der Waals surface area contributed by atoms with E-state index in [0.29, 0.717) is 5.56 Å². The Labute approximate surface area is 158 Å². The van der Waals surface area contributed by atoms with Gasteiger partial charge in [0, 0.05) is 11.5 Å². The number of hydrogen-bond acceptors (Lipinski definition) is 2. The fraction of sp³-hybridized carbons (Fsp3) is 0.435. The van der Waals surface area contributed by atoms with Gasteiger partial charge in [0.2, 0.25) is 0 Å². The van der Waals surface area contributed by atoms with E-state index in [-0.39, 0.29) is 17.1 Å². The Morgan fingerprint density at radius 2 is 1.58 bits per heavy atom. The molecule has 0 aliphatic heterocycles. The van der Waals surface area contributed by atoms with Crippen LogP contribution in [0.25, 0.3) is 0 Å². The third kappa shape index (κ3) is 4.68. The standard InChI is InChI=1S/C23H30O2P/c1-5-7-14-19(6-2)22(20-15-9-8-10-16-20)26(25)23(24)21-17(3)12-11-13-18(21)4/h8-13,15-16,19,22H,5-7,14H2,1-4H3/q+1. The molecule has 2 nitrogen and oxygen atoms in total. The number of carbonyl (C=O) groups is 1. The van der Waals surface area contributed by atoms with Crippen LogP contribution in [0.15, 0.2) is 48.5 Å². The molecular weight excluding hydrogens is 339 g/mol. The molecule has 0 heterocycles. The lowest BCUT2D eigenvalue weighted by Gasteiger charge is -2.19. The molecule has 3 atom stereocenters.